The van der Waals surface area contributed by atoms with Crippen LogP contribution in [0.1, 0.15) is 54.6 Å². The summed E-state index contributed by atoms with van der Waals surface area (Å²) in [5, 5.41) is 15.5. The maximum Gasteiger partial charge on any atom is 0.408 e. The van der Waals surface area contributed by atoms with Gasteiger partial charge in [-0.2, -0.15) is 5.26 Å². The second-order valence-electron chi connectivity index (χ2n) is 11.0. The number of para-hydroxylation sites is 1. The van der Waals surface area contributed by atoms with E-state index in [1.54, 1.807) is 26.8 Å². The van der Waals surface area contributed by atoms with Crippen molar-refractivity contribution in [2.75, 3.05) is 11.9 Å². The number of amides is 3. The molecule has 0 fully saturated rings. The van der Waals surface area contributed by atoms with Gasteiger partial charge in [0.25, 0.3) is 5.91 Å². The predicted molar refractivity (Wildman–Crippen MR) is 159 cm³/mol. The van der Waals surface area contributed by atoms with Crippen molar-refractivity contribution in [1.29, 1.82) is 5.26 Å². The summed E-state index contributed by atoms with van der Waals surface area (Å²) in [5.41, 5.74) is 3.68. The van der Waals surface area contributed by atoms with Crippen LogP contribution in [-0.4, -0.2) is 41.0 Å². The van der Waals surface area contributed by atoms with Crippen LogP contribution in [0.3, 0.4) is 0 Å². The molecule has 0 saturated carbocycles. The third-order valence-electron chi connectivity index (χ3n) is 6.57. The van der Waals surface area contributed by atoms with Gasteiger partial charge in [0.1, 0.15) is 24.2 Å². The Balaban J connectivity index is 2.10. The molecule has 2 N–H and O–H groups in total. The van der Waals surface area contributed by atoms with E-state index in [4.69, 9.17) is 4.74 Å². The summed E-state index contributed by atoms with van der Waals surface area (Å²) in [6, 6.07) is 22.0. The summed E-state index contributed by atoms with van der Waals surface area (Å²) < 4.78 is 5.45. The molecule has 214 valence electrons. The molecule has 3 rings (SSSR count). The molecular formula is C33H38N4O4. The molecule has 0 aliphatic carbocycles. The summed E-state index contributed by atoms with van der Waals surface area (Å²) in [5.74, 6) is -1.04. The molecule has 8 nitrogen and oxygen atoms in total. The Morgan fingerprint density at radius 3 is 2.05 bits per heavy atom. The number of nitrogens with one attached hydrogen (secondary N) is 2. The molecule has 2 atom stereocenters. The number of anilines is 1. The first-order chi connectivity index (χ1) is 19.4. The van der Waals surface area contributed by atoms with Crippen LogP contribution in [0.5, 0.6) is 0 Å². The minimum Gasteiger partial charge on any atom is -0.444 e. The SMILES string of the molecule is Cc1ccccc1NC(=O)C(c1c(C)cccc1C)N(CC#N)C(=O)C(Cc1ccccc1)NC(=O)OC(C)(C)C. The third-order valence-corrected chi connectivity index (χ3v) is 6.57. The Morgan fingerprint density at radius 1 is 0.878 bits per heavy atom. The van der Waals surface area contributed by atoms with Gasteiger partial charge in [0.05, 0.1) is 6.07 Å². The van der Waals surface area contributed by atoms with Gasteiger partial charge in [-0.1, -0.05) is 66.7 Å². The van der Waals surface area contributed by atoms with Crippen LogP contribution in [0.25, 0.3) is 0 Å². The largest absolute Gasteiger partial charge is 0.444 e. The Kier molecular flexibility index (Phi) is 10.3. The molecular weight excluding hydrogens is 516 g/mol. The van der Waals surface area contributed by atoms with Crippen molar-refractivity contribution < 1.29 is 19.1 Å². The fraction of sp³-hybridized carbons (Fsp3) is 0.333. The van der Waals surface area contributed by atoms with E-state index in [0.29, 0.717) is 11.3 Å². The second-order valence-corrected chi connectivity index (χ2v) is 11.0. The van der Waals surface area contributed by atoms with Crippen molar-refractivity contribution in [2.45, 2.75) is 65.6 Å². The van der Waals surface area contributed by atoms with Gasteiger partial charge in [-0.3, -0.25) is 9.59 Å². The molecule has 0 bridgehead atoms. The van der Waals surface area contributed by atoms with E-state index >= 15 is 0 Å². The van der Waals surface area contributed by atoms with Crippen molar-refractivity contribution in [3.05, 3.63) is 101 Å². The predicted octanol–water partition coefficient (Wildman–Crippen LogP) is 5.78. The van der Waals surface area contributed by atoms with E-state index in [1.807, 2.05) is 87.5 Å². The van der Waals surface area contributed by atoms with Crippen LogP contribution < -0.4 is 10.6 Å². The quantitative estimate of drug-likeness (QED) is 0.326. The fourth-order valence-electron chi connectivity index (χ4n) is 4.67. The zero-order chi connectivity index (χ0) is 30.2. The van der Waals surface area contributed by atoms with E-state index in [1.165, 1.54) is 4.90 Å². The Bertz CT molecular complexity index is 1400. The smallest absolute Gasteiger partial charge is 0.408 e. The molecule has 8 heteroatoms. The van der Waals surface area contributed by atoms with Crippen LogP contribution in [0.15, 0.2) is 72.8 Å². The molecule has 0 spiro atoms. The van der Waals surface area contributed by atoms with E-state index in [0.717, 1.165) is 22.3 Å². The van der Waals surface area contributed by atoms with Gasteiger partial charge >= 0.3 is 6.09 Å². The first kappa shape index (κ1) is 30.9. The minimum absolute atomic E-state index is 0.139. The third kappa shape index (κ3) is 8.42. The molecule has 2 unspecified atom stereocenters. The second kappa shape index (κ2) is 13.6. The van der Waals surface area contributed by atoms with Crippen molar-refractivity contribution in [2.24, 2.45) is 0 Å². The van der Waals surface area contributed by atoms with Crippen LogP contribution in [0, 0.1) is 32.1 Å². The van der Waals surface area contributed by atoms with Crippen LogP contribution >= 0.6 is 0 Å². The lowest BCUT2D eigenvalue weighted by atomic mass is 9.93. The zero-order valence-electron chi connectivity index (χ0n) is 24.5. The van der Waals surface area contributed by atoms with Gasteiger partial charge in [0.15, 0.2) is 0 Å². The van der Waals surface area contributed by atoms with Gasteiger partial charge in [-0.25, -0.2) is 4.79 Å². The first-order valence-electron chi connectivity index (χ1n) is 13.5. The summed E-state index contributed by atoms with van der Waals surface area (Å²) in [6.07, 6.45) is -0.628. The summed E-state index contributed by atoms with van der Waals surface area (Å²) in [7, 11) is 0. The highest BCUT2D eigenvalue weighted by molar-refractivity contribution is 6.00. The average molecular weight is 555 g/mol. The monoisotopic (exact) mass is 554 g/mol. The summed E-state index contributed by atoms with van der Waals surface area (Å²) in [6.45, 7) is 10.4. The number of hydrogen-bond acceptors (Lipinski definition) is 5. The highest BCUT2D eigenvalue weighted by atomic mass is 16.6. The van der Waals surface area contributed by atoms with Crippen molar-refractivity contribution in [3.63, 3.8) is 0 Å². The number of ether oxygens (including phenoxy) is 1. The number of nitriles is 1. The Hall–Kier alpha value is -4.64. The Morgan fingerprint density at radius 2 is 1.46 bits per heavy atom. The normalized spacial score (nSPS) is 12.4. The molecule has 3 amide bonds. The molecule has 0 aliphatic heterocycles. The number of carbonyl (C=O) groups is 3. The lowest BCUT2D eigenvalue weighted by Crippen LogP contribution is -2.53. The van der Waals surface area contributed by atoms with E-state index in [2.05, 4.69) is 16.7 Å². The van der Waals surface area contributed by atoms with Crippen molar-refractivity contribution in [1.82, 2.24) is 10.2 Å². The van der Waals surface area contributed by atoms with E-state index < -0.39 is 35.6 Å². The van der Waals surface area contributed by atoms with Gasteiger partial charge in [0.2, 0.25) is 5.91 Å². The van der Waals surface area contributed by atoms with Crippen LogP contribution in [0.4, 0.5) is 10.5 Å². The van der Waals surface area contributed by atoms with Gasteiger partial charge in [-0.15, -0.1) is 0 Å². The van der Waals surface area contributed by atoms with Crippen LogP contribution in [0.2, 0.25) is 0 Å². The average Bonchev–Trinajstić information content (AvgIpc) is 2.90. The molecule has 0 aliphatic rings. The number of benzene rings is 3. The molecule has 3 aromatic carbocycles. The summed E-state index contributed by atoms with van der Waals surface area (Å²) in [4.78, 5) is 42.5. The molecule has 41 heavy (non-hydrogen) atoms. The summed E-state index contributed by atoms with van der Waals surface area (Å²) >= 11 is 0. The lowest BCUT2D eigenvalue weighted by Gasteiger charge is -2.34. The molecule has 0 saturated heterocycles. The fourth-order valence-corrected chi connectivity index (χ4v) is 4.67. The number of carbonyl (C=O) groups excluding carboxylic acids is 3. The maximum absolute atomic E-state index is 14.3. The molecule has 0 heterocycles. The lowest BCUT2D eigenvalue weighted by molar-refractivity contribution is -0.140. The Labute approximate surface area is 242 Å². The van der Waals surface area contributed by atoms with E-state index in [-0.39, 0.29) is 13.0 Å². The zero-order valence-corrected chi connectivity index (χ0v) is 24.5. The molecule has 0 aromatic heterocycles. The van der Waals surface area contributed by atoms with E-state index in [9.17, 15) is 19.6 Å². The van der Waals surface area contributed by atoms with Gasteiger partial charge < -0.3 is 20.3 Å². The van der Waals surface area contributed by atoms with Gasteiger partial charge in [-0.05, 0) is 75.4 Å². The number of alkyl carbamates (subject to hydrolysis) is 1. The van der Waals surface area contributed by atoms with Gasteiger partial charge in [0, 0.05) is 12.1 Å². The number of nitrogens with zero attached hydrogens (tertiary/aromatic N) is 2. The topological polar surface area (TPSA) is 112 Å². The highest BCUT2D eigenvalue weighted by Crippen LogP contribution is 2.30. The van der Waals surface area contributed by atoms with Crippen molar-refractivity contribution in [3.8, 4) is 6.07 Å². The first-order valence-corrected chi connectivity index (χ1v) is 13.5. The standard InChI is InChI=1S/C33H38N4O4/c1-22-13-10-11-18-26(22)35-30(38)29(28-23(2)14-12-15-24(28)3)37(20-19-34)31(39)27(21-25-16-8-7-9-17-25)36-32(40)41-33(4,5)6/h7-18,27,29H,20-21H2,1-6H3,(H,35,38)(H,36,40). The number of rotatable bonds is 9. The highest BCUT2D eigenvalue weighted by Gasteiger charge is 2.38. The van der Waals surface area contributed by atoms with Crippen LogP contribution in [-0.2, 0) is 20.7 Å². The van der Waals surface area contributed by atoms with Crippen molar-refractivity contribution >= 4 is 23.6 Å². The number of hydrogen-bond donors (Lipinski definition) is 2. The molecule has 3 aromatic rings. The number of aryl methyl sites for hydroxylation is 3. The maximum atomic E-state index is 14.3. The minimum atomic E-state index is -1.14. The molecule has 0 radical (unpaired) electrons.